The lowest BCUT2D eigenvalue weighted by atomic mass is 10.1. The summed E-state index contributed by atoms with van der Waals surface area (Å²) in [6, 6.07) is 10.1. The van der Waals surface area contributed by atoms with Gasteiger partial charge in [-0.2, -0.15) is 0 Å². The predicted molar refractivity (Wildman–Crippen MR) is 76.0 cm³/mol. The van der Waals surface area contributed by atoms with E-state index in [1.54, 1.807) is 31.2 Å². The molecule has 0 aromatic heterocycles. The van der Waals surface area contributed by atoms with Crippen molar-refractivity contribution < 1.29 is 14.5 Å². The molecule has 0 saturated carbocycles. The first-order valence-corrected chi connectivity index (χ1v) is 6.38. The number of non-ortho nitro benzene ring substituents is 1. The molecule has 5 heteroatoms. The maximum atomic E-state index is 11.0. The van der Waals surface area contributed by atoms with Gasteiger partial charge in [0.25, 0.3) is 5.69 Å². The van der Waals surface area contributed by atoms with Gasteiger partial charge in [0.2, 0.25) is 0 Å². The minimum Gasteiger partial charge on any atom is -0.493 e. The quantitative estimate of drug-likeness (QED) is 0.459. The van der Waals surface area contributed by atoms with Crippen LogP contribution < -0.4 is 4.74 Å². The Bertz CT molecular complexity index is 651. The van der Waals surface area contributed by atoms with Crippen molar-refractivity contribution in [3.63, 3.8) is 0 Å². The molecule has 0 spiro atoms. The fourth-order valence-corrected chi connectivity index (χ4v) is 2.04. The van der Waals surface area contributed by atoms with Gasteiger partial charge < -0.3 is 9.53 Å². The van der Waals surface area contributed by atoms with Gasteiger partial charge >= 0.3 is 0 Å². The van der Waals surface area contributed by atoms with Crippen molar-refractivity contribution in [1.29, 1.82) is 0 Å². The molecule has 104 valence electrons. The molecule has 0 aliphatic carbocycles. The highest BCUT2D eigenvalue weighted by Gasteiger charge is 2.14. The molecule has 20 heavy (non-hydrogen) atoms. The number of ether oxygens (including phenoxy) is 1. The van der Waals surface area contributed by atoms with Gasteiger partial charge in [0, 0.05) is 17.9 Å². The summed E-state index contributed by atoms with van der Waals surface area (Å²) in [5.41, 5.74) is 0.0664. The van der Waals surface area contributed by atoms with Gasteiger partial charge in [-0.3, -0.25) is 10.1 Å². The van der Waals surface area contributed by atoms with Crippen LogP contribution in [-0.4, -0.2) is 17.3 Å². The Morgan fingerprint density at radius 3 is 2.55 bits per heavy atom. The Labute approximate surface area is 116 Å². The second kappa shape index (κ2) is 6.14. The van der Waals surface area contributed by atoms with E-state index < -0.39 is 4.92 Å². The zero-order valence-electron chi connectivity index (χ0n) is 11.2. The van der Waals surface area contributed by atoms with Gasteiger partial charge in [-0.15, -0.1) is 0 Å². The number of benzene rings is 2. The van der Waals surface area contributed by atoms with E-state index in [1.807, 2.05) is 6.07 Å². The van der Waals surface area contributed by atoms with E-state index in [4.69, 9.17) is 4.74 Å². The fraction of sp³-hybridized carbons (Fsp3) is 0.267. The number of nitrogens with zero attached hydrogens (tertiary/aromatic N) is 1. The summed E-state index contributed by atoms with van der Waals surface area (Å²) in [4.78, 5) is 21.4. The summed E-state index contributed by atoms with van der Waals surface area (Å²) < 4.78 is 5.63. The topological polar surface area (TPSA) is 69.4 Å². The van der Waals surface area contributed by atoms with Crippen molar-refractivity contribution >= 4 is 22.2 Å². The van der Waals surface area contributed by atoms with Gasteiger partial charge in [0.05, 0.1) is 16.9 Å². The van der Waals surface area contributed by atoms with Crippen LogP contribution in [0.5, 0.6) is 5.75 Å². The first-order valence-electron chi connectivity index (χ1n) is 6.38. The lowest BCUT2D eigenvalue weighted by Crippen LogP contribution is -2.01. The van der Waals surface area contributed by atoms with Crippen molar-refractivity contribution in [1.82, 2.24) is 0 Å². The highest BCUT2D eigenvalue weighted by atomic mass is 16.6. The van der Waals surface area contributed by atoms with E-state index in [-0.39, 0.29) is 11.5 Å². The molecule has 0 unspecified atom stereocenters. The molecule has 0 atom stereocenters. The van der Waals surface area contributed by atoms with Crippen LogP contribution >= 0.6 is 0 Å². The Hall–Kier alpha value is -2.43. The summed E-state index contributed by atoms with van der Waals surface area (Å²) >= 11 is 0. The largest absolute Gasteiger partial charge is 0.493 e. The molecular weight excluding hydrogens is 258 g/mol. The normalized spacial score (nSPS) is 10.4. The molecule has 0 bridgehead atoms. The second-order valence-electron chi connectivity index (χ2n) is 4.54. The van der Waals surface area contributed by atoms with Crippen molar-refractivity contribution in [2.24, 2.45) is 0 Å². The second-order valence-corrected chi connectivity index (χ2v) is 4.54. The van der Waals surface area contributed by atoms with Crippen molar-refractivity contribution in [2.75, 3.05) is 6.61 Å². The zero-order chi connectivity index (χ0) is 14.5. The third-order valence-corrected chi connectivity index (χ3v) is 2.99. The summed E-state index contributed by atoms with van der Waals surface area (Å²) in [6.07, 6.45) is 1.12. The molecule has 0 saturated heterocycles. The Balaban J connectivity index is 2.24. The highest BCUT2D eigenvalue weighted by molar-refractivity contribution is 5.95. The highest BCUT2D eigenvalue weighted by Crippen LogP contribution is 2.32. The third kappa shape index (κ3) is 3.12. The molecule has 5 nitrogen and oxygen atoms in total. The van der Waals surface area contributed by atoms with Gasteiger partial charge in [-0.1, -0.05) is 18.2 Å². The smallest absolute Gasteiger partial charge is 0.277 e. The number of hydrogen-bond donors (Lipinski definition) is 0. The van der Waals surface area contributed by atoms with Gasteiger partial charge in [-0.05, 0) is 25.5 Å². The Morgan fingerprint density at radius 2 is 1.90 bits per heavy atom. The van der Waals surface area contributed by atoms with Crippen LogP contribution in [-0.2, 0) is 4.79 Å². The van der Waals surface area contributed by atoms with Crippen molar-refractivity contribution in [3.8, 4) is 5.75 Å². The molecule has 0 heterocycles. The molecule has 2 aromatic rings. The number of carbonyl (C=O) groups excluding carboxylic acids is 1. The van der Waals surface area contributed by atoms with E-state index in [0.29, 0.717) is 36.0 Å². The van der Waals surface area contributed by atoms with Crippen molar-refractivity contribution in [3.05, 3.63) is 46.5 Å². The van der Waals surface area contributed by atoms with E-state index in [0.717, 1.165) is 0 Å². The Kier molecular flexibility index (Phi) is 4.30. The maximum absolute atomic E-state index is 11.0. The number of fused-ring (bicyclic) bond motifs is 1. The van der Waals surface area contributed by atoms with Crippen LogP contribution in [0.2, 0.25) is 0 Å². The van der Waals surface area contributed by atoms with E-state index in [9.17, 15) is 14.9 Å². The van der Waals surface area contributed by atoms with Gasteiger partial charge in [-0.25, -0.2) is 0 Å². The SMILES string of the molecule is CC(=O)CCCOc1ccc([N+](=O)[O-])c2ccccc12. The fourth-order valence-electron chi connectivity index (χ4n) is 2.04. The lowest BCUT2D eigenvalue weighted by molar-refractivity contribution is -0.383. The first-order chi connectivity index (χ1) is 9.59. The van der Waals surface area contributed by atoms with E-state index in [1.165, 1.54) is 6.07 Å². The monoisotopic (exact) mass is 273 g/mol. The summed E-state index contributed by atoms with van der Waals surface area (Å²) in [5, 5.41) is 12.3. The number of rotatable bonds is 6. The van der Waals surface area contributed by atoms with E-state index >= 15 is 0 Å². The van der Waals surface area contributed by atoms with Crippen LogP contribution in [0.15, 0.2) is 36.4 Å². The number of hydrogen-bond acceptors (Lipinski definition) is 4. The maximum Gasteiger partial charge on any atom is 0.277 e. The van der Waals surface area contributed by atoms with Crippen molar-refractivity contribution in [2.45, 2.75) is 19.8 Å². The van der Waals surface area contributed by atoms with Gasteiger partial charge in [0.15, 0.2) is 0 Å². The minimum atomic E-state index is -0.401. The van der Waals surface area contributed by atoms with Crippen LogP contribution in [0, 0.1) is 10.1 Å². The molecule has 0 aliphatic heterocycles. The summed E-state index contributed by atoms with van der Waals surface area (Å²) in [7, 11) is 0. The number of nitro groups is 1. The minimum absolute atomic E-state index is 0.0664. The standard InChI is InChI=1S/C15H15NO4/c1-11(17)5-4-10-20-15-9-8-14(16(18)19)12-6-2-3-7-13(12)15/h2-3,6-9H,4-5,10H2,1H3. The predicted octanol–water partition coefficient (Wildman–Crippen LogP) is 3.50. The molecule has 0 amide bonds. The Morgan fingerprint density at radius 1 is 1.20 bits per heavy atom. The zero-order valence-corrected chi connectivity index (χ0v) is 11.2. The number of carbonyl (C=O) groups is 1. The van der Waals surface area contributed by atoms with Crippen LogP contribution in [0.3, 0.4) is 0 Å². The number of nitro benzene ring substituents is 1. The van der Waals surface area contributed by atoms with Gasteiger partial charge in [0.1, 0.15) is 11.5 Å². The molecule has 0 radical (unpaired) electrons. The molecule has 0 N–H and O–H groups in total. The number of ketones is 1. The van der Waals surface area contributed by atoms with Crippen LogP contribution in [0.4, 0.5) is 5.69 Å². The van der Waals surface area contributed by atoms with Crippen LogP contribution in [0.1, 0.15) is 19.8 Å². The summed E-state index contributed by atoms with van der Waals surface area (Å²) in [5.74, 6) is 0.733. The molecule has 0 fully saturated rings. The van der Waals surface area contributed by atoms with E-state index in [2.05, 4.69) is 0 Å². The molecule has 2 rings (SSSR count). The molecular formula is C15H15NO4. The average Bonchev–Trinajstić information content (AvgIpc) is 2.43. The number of Topliss-reactive ketones (excluding diaryl/α,β-unsaturated/α-hetero) is 1. The lowest BCUT2D eigenvalue weighted by Gasteiger charge is -2.09. The average molecular weight is 273 g/mol. The molecule has 2 aromatic carbocycles. The molecule has 0 aliphatic rings. The van der Waals surface area contributed by atoms with Crippen LogP contribution in [0.25, 0.3) is 10.8 Å². The third-order valence-electron chi connectivity index (χ3n) is 2.99. The summed E-state index contributed by atoms with van der Waals surface area (Å²) in [6.45, 7) is 1.96. The first kappa shape index (κ1) is 14.0.